The summed E-state index contributed by atoms with van der Waals surface area (Å²) in [7, 11) is -4.15. The van der Waals surface area contributed by atoms with E-state index in [1.165, 1.54) is 0 Å². The van der Waals surface area contributed by atoms with E-state index < -0.39 is 28.5 Å². The molecule has 7 nitrogen and oxygen atoms in total. The van der Waals surface area contributed by atoms with Gasteiger partial charge in [-0.15, -0.1) is 0 Å². The predicted molar refractivity (Wildman–Crippen MR) is 186 cm³/mol. The van der Waals surface area contributed by atoms with Crippen LogP contribution in [-0.2, 0) is 32.6 Å². The molecule has 9 heteroatoms. The zero-order chi connectivity index (χ0) is 32.7. The number of aryl methyl sites for hydroxylation is 2. The molecule has 1 atom stereocenters. The number of carbonyl (C=O) groups excluding carboxylic acids is 2. The molecule has 0 spiro atoms. The molecule has 2 amide bonds. The molecule has 5 rings (SSSR count). The van der Waals surface area contributed by atoms with Crippen LogP contribution in [0, 0.1) is 13.8 Å². The van der Waals surface area contributed by atoms with Crippen LogP contribution in [0.2, 0.25) is 0 Å². The number of hydrogen-bond acceptors (Lipinski definition) is 4. The van der Waals surface area contributed by atoms with E-state index in [2.05, 4.69) is 21.2 Å². The first-order valence-corrected chi connectivity index (χ1v) is 17.9. The van der Waals surface area contributed by atoms with E-state index in [9.17, 15) is 18.0 Å². The number of hydrogen-bond donors (Lipinski definition) is 1. The van der Waals surface area contributed by atoms with Gasteiger partial charge in [-0.25, -0.2) is 8.42 Å². The van der Waals surface area contributed by atoms with Crippen LogP contribution in [0.4, 0.5) is 5.69 Å². The Bertz CT molecular complexity index is 1740. The van der Waals surface area contributed by atoms with E-state index in [0.717, 1.165) is 56.7 Å². The van der Waals surface area contributed by atoms with Crippen molar-refractivity contribution >= 4 is 43.5 Å². The number of nitrogens with zero attached hydrogens (tertiary/aromatic N) is 2. The smallest absolute Gasteiger partial charge is 0.264 e. The first kappa shape index (κ1) is 33.4. The van der Waals surface area contributed by atoms with Crippen molar-refractivity contribution in [3.63, 3.8) is 0 Å². The molecular formula is C37H40BrN3O4S. The zero-order valence-electron chi connectivity index (χ0n) is 26.2. The number of rotatable bonds is 12. The van der Waals surface area contributed by atoms with Gasteiger partial charge in [-0.1, -0.05) is 107 Å². The maximum Gasteiger partial charge on any atom is 0.264 e. The topological polar surface area (TPSA) is 86.8 Å². The summed E-state index contributed by atoms with van der Waals surface area (Å²) in [6.45, 7) is 3.53. The molecule has 1 N–H and O–H groups in total. The lowest BCUT2D eigenvalue weighted by Gasteiger charge is -2.34. The van der Waals surface area contributed by atoms with Gasteiger partial charge in [0.05, 0.1) is 10.6 Å². The predicted octanol–water partition coefficient (Wildman–Crippen LogP) is 6.96. The minimum Gasteiger partial charge on any atom is -0.352 e. The van der Waals surface area contributed by atoms with E-state index in [-0.39, 0.29) is 23.4 Å². The molecule has 1 unspecified atom stereocenters. The molecule has 0 heterocycles. The first-order chi connectivity index (χ1) is 22.1. The van der Waals surface area contributed by atoms with Crippen LogP contribution in [0.15, 0.2) is 112 Å². The van der Waals surface area contributed by atoms with Gasteiger partial charge >= 0.3 is 0 Å². The normalized spacial score (nSPS) is 14.1. The largest absolute Gasteiger partial charge is 0.352 e. The fourth-order valence-corrected chi connectivity index (χ4v) is 7.58. The molecule has 0 aliphatic heterocycles. The van der Waals surface area contributed by atoms with Crippen LogP contribution >= 0.6 is 15.9 Å². The molecule has 46 heavy (non-hydrogen) atoms. The summed E-state index contributed by atoms with van der Waals surface area (Å²) in [5.41, 5.74) is 4.07. The fraction of sp³-hybridized carbons (Fsp3) is 0.297. The summed E-state index contributed by atoms with van der Waals surface area (Å²) in [6.07, 6.45) is 4.21. The number of amides is 2. The molecule has 4 aromatic rings. The Hall–Kier alpha value is -3.95. The summed E-state index contributed by atoms with van der Waals surface area (Å²) < 4.78 is 30.3. The lowest BCUT2D eigenvalue weighted by atomic mass is 10.0. The summed E-state index contributed by atoms with van der Waals surface area (Å²) in [5, 5.41) is 3.21. The molecule has 240 valence electrons. The number of halogens is 1. The van der Waals surface area contributed by atoms with Gasteiger partial charge in [0, 0.05) is 23.5 Å². The second-order valence-corrected chi connectivity index (χ2v) is 14.8. The minimum absolute atomic E-state index is 0.0582. The SMILES string of the molecule is Cc1ccc(S(=O)(=O)N(CC(=O)N(Cc2cccc(C)c2)C(Cc2ccccc2)C(=O)NC2CCCC2)c2ccc(Br)cc2)cc1. The third-order valence-corrected chi connectivity index (χ3v) is 10.7. The maximum atomic E-state index is 14.6. The first-order valence-electron chi connectivity index (χ1n) is 15.6. The quantitative estimate of drug-likeness (QED) is 0.173. The van der Waals surface area contributed by atoms with Crippen molar-refractivity contribution < 1.29 is 18.0 Å². The van der Waals surface area contributed by atoms with Crippen LogP contribution in [0.1, 0.15) is 47.9 Å². The average Bonchev–Trinajstić information content (AvgIpc) is 3.55. The Labute approximate surface area is 280 Å². The van der Waals surface area contributed by atoms with Gasteiger partial charge in [0.25, 0.3) is 10.0 Å². The Kier molecular flexibility index (Phi) is 11.0. The number of benzene rings is 4. The van der Waals surface area contributed by atoms with E-state index in [1.807, 2.05) is 68.4 Å². The highest BCUT2D eigenvalue weighted by Gasteiger charge is 2.35. The van der Waals surface area contributed by atoms with Crippen molar-refractivity contribution in [3.05, 3.63) is 130 Å². The summed E-state index contributed by atoms with van der Waals surface area (Å²) in [4.78, 5) is 30.4. The molecule has 1 saturated carbocycles. The van der Waals surface area contributed by atoms with Crippen molar-refractivity contribution in [2.75, 3.05) is 10.8 Å². The molecule has 0 saturated heterocycles. The van der Waals surface area contributed by atoms with Gasteiger partial charge in [-0.2, -0.15) is 0 Å². The second-order valence-electron chi connectivity index (χ2n) is 12.0. The standard InChI is InChI=1S/C37H40BrN3O4S/c1-27-15-21-34(22-16-27)46(44,45)41(33-19-17-31(38)18-20-33)26-36(42)40(25-30-12-8-9-28(2)23-30)35(24-29-10-4-3-5-11-29)37(43)39-32-13-6-7-14-32/h3-5,8-12,15-23,32,35H,6-7,13-14,24-26H2,1-2H3,(H,39,43). The number of carbonyl (C=O) groups is 2. The van der Waals surface area contributed by atoms with E-state index >= 15 is 0 Å². The van der Waals surface area contributed by atoms with Gasteiger partial charge in [0.1, 0.15) is 12.6 Å². The van der Waals surface area contributed by atoms with Crippen molar-refractivity contribution in [1.82, 2.24) is 10.2 Å². The number of sulfonamides is 1. The molecular weight excluding hydrogens is 662 g/mol. The van der Waals surface area contributed by atoms with Crippen molar-refractivity contribution in [2.45, 2.75) is 69.5 Å². The van der Waals surface area contributed by atoms with Crippen LogP contribution < -0.4 is 9.62 Å². The molecule has 0 bridgehead atoms. The van der Waals surface area contributed by atoms with Crippen molar-refractivity contribution in [1.29, 1.82) is 0 Å². The Morgan fingerprint density at radius 3 is 2.13 bits per heavy atom. The Morgan fingerprint density at radius 1 is 0.826 bits per heavy atom. The highest BCUT2D eigenvalue weighted by Crippen LogP contribution is 2.27. The molecule has 1 fully saturated rings. The molecule has 1 aliphatic carbocycles. The van der Waals surface area contributed by atoms with Crippen LogP contribution in [0.3, 0.4) is 0 Å². The van der Waals surface area contributed by atoms with Crippen molar-refractivity contribution in [2.24, 2.45) is 0 Å². The monoisotopic (exact) mass is 701 g/mol. The van der Waals surface area contributed by atoms with E-state index in [1.54, 1.807) is 53.4 Å². The summed E-state index contributed by atoms with van der Waals surface area (Å²) >= 11 is 3.43. The molecule has 0 aromatic heterocycles. The summed E-state index contributed by atoms with van der Waals surface area (Å²) in [6, 6.07) is 30.1. The lowest BCUT2D eigenvalue weighted by Crippen LogP contribution is -2.54. The van der Waals surface area contributed by atoms with Crippen molar-refractivity contribution in [3.8, 4) is 0 Å². The maximum absolute atomic E-state index is 14.6. The van der Waals surface area contributed by atoms with E-state index in [0.29, 0.717) is 12.1 Å². The third-order valence-electron chi connectivity index (χ3n) is 8.41. The highest BCUT2D eigenvalue weighted by molar-refractivity contribution is 9.10. The van der Waals surface area contributed by atoms with Crippen LogP contribution in [-0.4, -0.2) is 43.8 Å². The van der Waals surface area contributed by atoms with Gasteiger partial charge in [0.15, 0.2) is 0 Å². The van der Waals surface area contributed by atoms with Gasteiger partial charge in [0.2, 0.25) is 11.8 Å². The Balaban J connectivity index is 1.56. The molecule has 0 radical (unpaired) electrons. The molecule has 1 aliphatic rings. The minimum atomic E-state index is -4.15. The van der Waals surface area contributed by atoms with Crippen LogP contribution in [0.5, 0.6) is 0 Å². The van der Waals surface area contributed by atoms with Gasteiger partial charge < -0.3 is 10.2 Å². The average molecular weight is 703 g/mol. The van der Waals surface area contributed by atoms with Gasteiger partial charge in [-0.05, 0) is 74.2 Å². The molecule has 4 aromatic carbocycles. The third kappa shape index (κ3) is 8.44. The second kappa shape index (κ2) is 15.1. The number of nitrogens with one attached hydrogen (secondary N) is 1. The fourth-order valence-electron chi connectivity index (χ4n) is 5.90. The van der Waals surface area contributed by atoms with E-state index in [4.69, 9.17) is 0 Å². The lowest BCUT2D eigenvalue weighted by molar-refractivity contribution is -0.140. The zero-order valence-corrected chi connectivity index (χ0v) is 28.6. The van der Waals surface area contributed by atoms with Crippen LogP contribution in [0.25, 0.3) is 0 Å². The number of anilines is 1. The Morgan fingerprint density at radius 2 is 1.48 bits per heavy atom. The van der Waals surface area contributed by atoms with Gasteiger partial charge in [-0.3, -0.25) is 13.9 Å². The highest BCUT2D eigenvalue weighted by atomic mass is 79.9. The summed E-state index contributed by atoms with van der Waals surface area (Å²) in [5.74, 6) is -0.698.